The summed E-state index contributed by atoms with van der Waals surface area (Å²) in [5.74, 6) is -0.454. The first-order valence-electron chi connectivity index (χ1n) is 15.4. The third kappa shape index (κ3) is 9.06. The smallest absolute Gasteiger partial charge is 0.145 e. The molecule has 1 spiro atoms. The molecule has 0 radical (unpaired) electrons. The van der Waals surface area contributed by atoms with Crippen LogP contribution in [-0.4, -0.2) is 77.9 Å². The molecule has 0 heterocycles. The van der Waals surface area contributed by atoms with E-state index in [1.54, 1.807) is 0 Å². The van der Waals surface area contributed by atoms with E-state index in [1.807, 2.05) is 32.1 Å². The number of aliphatic hydroxyl groups is 4. The van der Waals surface area contributed by atoms with Gasteiger partial charge in [-0.05, 0) is 95.7 Å². The maximum atomic E-state index is 12.1. The SMILES string of the molecule is C=C(/C=C\C=C(\COCCO)[C@@H]1CC[C@]2([C@@H]1O)[C@@H](CCCO)/C(=C(/C)C=O)CC[C@@]2(C)O)CC/C=C(\C)CNCC. The van der Waals surface area contributed by atoms with Crippen LogP contribution in [0.15, 0.2) is 58.7 Å². The Hall–Kier alpha value is -1.87. The number of hydrogen-bond acceptors (Lipinski definition) is 7. The van der Waals surface area contributed by atoms with Gasteiger partial charge in [-0.15, -0.1) is 0 Å². The topological polar surface area (TPSA) is 119 Å². The molecule has 0 bridgehead atoms. The fourth-order valence-electron chi connectivity index (χ4n) is 6.98. The Morgan fingerprint density at radius 2 is 1.98 bits per heavy atom. The van der Waals surface area contributed by atoms with Crippen LogP contribution in [0.3, 0.4) is 0 Å². The maximum Gasteiger partial charge on any atom is 0.145 e. The average Bonchev–Trinajstić information content (AvgIpc) is 3.29. The third-order valence-corrected chi connectivity index (χ3v) is 9.27. The number of likely N-dealkylation sites (N-methyl/N-ethyl adjacent to an activating group) is 1. The Labute approximate surface area is 247 Å². The van der Waals surface area contributed by atoms with Crippen LogP contribution in [0.4, 0.5) is 0 Å². The first-order valence-corrected chi connectivity index (χ1v) is 15.4. The van der Waals surface area contributed by atoms with Crippen molar-refractivity contribution < 1.29 is 30.0 Å². The molecule has 2 fully saturated rings. The van der Waals surface area contributed by atoms with Crippen LogP contribution in [0.2, 0.25) is 0 Å². The number of allylic oxidation sites excluding steroid dienone is 7. The molecule has 41 heavy (non-hydrogen) atoms. The van der Waals surface area contributed by atoms with Crippen LogP contribution in [0.5, 0.6) is 0 Å². The fraction of sp³-hybridized carbons (Fsp3) is 0.676. The fourth-order valence-corrected chi connectivity index (χ4v) is 6.98. The second kappa shape index (κ2) is 17.3. The van der Waals surface area contributed by atoms with Gasteiger partial charge in [0.1, 0.15) is 6.29 Å². The first kappa shape index (κ1) is 35.3. The van der Waals surface area contributed by atoms with Crippen molar-refractivity contribution in [1.82, 2.24) is 5.32 Å². The average molecular weight is 574 g/mol. The predicted octanol–water partition coefficient (Wildman–Crippen LogP) is 4.58. The summed E-state index contributed by atoms with van der Waals surface area (Å²) in [6.45, 7) is 14.3. The number of carbonyl (C=O) groups is 1. The van der Waals surface area contributed by atoms with E-state index in [4.69, 9.17) is 4.74 Å². The molecule has 2 saturated carbocycles. The quantitative estimate of drug-likeness (QED) is 0.0568. The molecule has 2 rings (SSSR count). The van der Waals surface area contributed by atoms with Crippen LogP contribution in [0, 0.1) is 17.3 Å². The van der Waals surface area contributed by atoms with E-state index in [2.05, 4.69) is 31.8 Å². The maximum absolute atomic E-state index is 12.1. The van der Waals surface area contributed by atoms with E-state index in [-0.39, 0.29) is 38.3 Å². The summed E-state index contributed by atoms with van der Waals surface area (Å²) >= 11 is 0. The monoisotopic (exact) mass is 573 g/mol. The Balaban J connectivity index is 2.33. The zero-order chi connectivity index (χ0) is 30.5. The van der Waals surface area contributed by atoms with E-state index < -0.39 is 17.1 Å². The van der Waals surface area contributed by atoms with Crippen LogP contribution in [-0.2, 0) is 9.53 Å². The first-order chi connectivity index (χ1) is 19.6. The Bertz CT molecular complexity index is 978. The van der Waals surface area contributed by atoms with Crippen molar-refractivity contribution >= 4 is 6.29 Å². The standard InChI is InChI=1S/C34H55NO6/c1-6-35-22-26(3)12-7-10-25(2)11-8-13-28(24-41-21-20-37)30-16-18-34(32(30)39)31(14-9-19-36)29(27(4)23-38)15-17-33(34,5)40/h8,11-13,23,30-32,35-37,39-40H,2,6-7,9-10,14-22,24H2,1,3-5H3/b11-8-,26-12+,28-13-,29-27-/t30-,31-,32+,33+,34+/m0/s1. The van der Waals surface area contributed by atoms with Gasteiger partial charge in [0.15, 0.2) is 0 Å². The molecule has 0 unspecified atom stereocenters. The minimum absolute atomic E-state index is 0.0154. The summed E-state index contributed by atoms with van der Waals surface area (Å²) in [5.41, 5.74) is 2.91. The van der Waals surface area contributed by atoms with Gasteiger partial charge in [0.05, 0.1) is 31.5 Å². The lowest BCUT2D eigenvalue weighted by atomic mass is 9.52. The number of hydrogen-bond donors (Lipinski definition) is 5. The third-order valence-electron chi connectivity index (χ3n) is 9.27. The lowest BCUT2D eigenvalue weighted by molar-refractivity contribution is -0.167. The van der Waals surface area contributed by atoms with E-state index in [0.29, 0.717) is 44.1 Å². The van der Waals surface area contributed by atoms with Crippen molar-refractivity contribution in [3.05, 3.63) is 58.7 Å². The lowest BCUT2D eigenvalue weighted by Crippen LogP contribution is -2.59. The predicted molar refractivity (Wildman–Crippen MR) is 165 cm³/mol. The Morgan fingerprint density at radius 3 is 2.63 bits per heavy atom. The van der Waals surface area contributed by atoms with Crippen LogP contribution in [0.1, 0.15) is 79.1 Å². The molecule has 2 aliphatic carbocycles. The minimum Gasteiger partial charge on any atom is -0.396 e. The second-order valence-corrected chi connectivity index (χ2v) is 12.1. The Kier molecular flexibility index (Phi) is 14.9. The van der Waals surface area contributed by atoms with Crippen molar-refractivity contribution in [2.75, 3.05) is 39.5 Å². The highest BCUT2D eigenvalue weighted by Crippen LogP contribution is 2.62. The number of aliphatic hydroxyl groups excluding tert-OH is 3. The van der Waals surface area contributed by atoms with Crippen molar-refractivity contribution in [3.63, 3.8) is 0 Å². The molecule has 7 nitrogen and oxygen atoms in total. The van der Waals surface area contributed by atoms with Gasteiger partial charge in [-0.1, -0.05) is 54.5 Å². The summed E-state index contributed by atoms with van der Waals surface area (Å²) < 4.78 is 5.73. The summed E-state index contributed by atoms with van der Waals surface area (Å²) in [6.07, 6.45) is 13.4. The van der Waals surface area contributed by atoms with Gasteiger partial charge in [0.25, 0.3) is 0 Å². The highest BCUT2D eigenvalue weighted by molar-refractivity contribution is 5.74. The van der Waals surface area contributed by atoms with Gasteiger partial charge in [-0.25, -0.2) is 0 Å². The molecular weight excluding hydrogens is 518 g/mol. The van der Waals surface area contributed by atoms with Crippen LogP contribution >= 0.6 is 0 Å². The molecule has 0 aliphatic heterocycles. The Morgan fingerprint density at radius 1 is 1.22 bits per heavy atom. The minimum atomic E-state index is -1.13. The number of aldehydes is 1. The zero-order valence-corrected chi connectivity index (χ0v) is 25.8. The van der Waals surface area contributed by atoms with Gasteiger partial charge < -0.3 is 30.5 Å². The molecule has 2 aliphatic rings. The van der Waals surface area contributed by atoms with E-state index in [0.717, 1.165) is 48.9 Å². The molecule has 0 aromatic rings. The molecule has 0 saturated heterocycles. The second-order valence-electron chi connectivity index (χ2n) is 12.1. The van der Waals surface area contributed by atoms with E-state index >= 15 is 0 Å². The highest BCUT2D eigenvalue weighted by Gasteiger charge is 2.63. The normalized spacial score (nSPS) is 30.4. The molecule has 0 aromatic heterocycles. The van der Waals surface area contributed by atoms with Crippen LogP contribution < -0.4 is 5.32 Å². The van der Waals surface area contributed by atoms with Crippen molar-refractivity contribution in [2.24, 2.45) is 17.3 Å². The highest BCUT2D eigenvalue weighted by atomic mass is 16.5. The molecule has 0 amide bonds. The molecule has 232 valence electrons. The van der Waals surface area contributed by atoms with Crippen molar-refractivity contribution in [1.29, 1.82) is 0 Å². The summed E-state index contributed by atoms with van der Waals surface area (Å²) in [7, 11) is 0. The molecule has 5 N–H and O–H groups in total. The lowest BCUT2D eigenvalue weighted by Gasteiger charge is -2.55. The van der Waals surface area contributed by atoms with E-state index in [1.165, 1.54) is 5.57 Å². The molecule has 0 aromatic carbocycles. The van der Waals surface area contributed by atoms with Crippen molar-refractivity contribution in [3.8, 4) is 0 Å². The van der Waals surface area contributed by atoms with E-state index in [9.17, 15) is 25.2 Å². The van der Waals surface area contributed by atoms with Crippen molar-refractivity contribution in [2.45, 2.75) is 90.8 Å². The zero-order valence-electron chi connectivity index (χ0n) is 25.8. The number of nitrogens with one attached hydrogen (secondary N) is 1. The van der Waals surface area contributed by atoms with Gasteiger partial charge in [0.2, 0.25) is 0 Å². The van der Waals surface area contributed by atoms with Gasteiger partial charge in [-0.3, -0.25) is 4.79 Å². The number of ether oxygens (including phenoxy) is 1. The molecular formula is C34H55NO6. The number of rotatable bonds is 17. The molecule has 5 atom stereocenters. The molecule has 7 heteroatoms. The summed E-state index contributed by atoms with van der Waals surface area (Å²) in [4.78, 5) is 11.8. The van der Waals surface area contributed by atoms with Gasteiger partial charge >= 0.3 is 0 Å². The van der Waals surface area contributed by atoms with Gasteiger partial charge in [-0.2, -0.15) is 0 Å². The summed E-state index contributed by atoms with van der Waals surface area (Å²) in [6, 6.07) is 0. The van der Waals surface area contributed by atoms with Gasteiger partial charge in [0, 0.05) is 24.5 Å². The summed E-state index contributed by atoms with van der Waals surface area (Å²) in [5, 5.41) is 46.2. The number of carbonyl (C=O) groups excluding carboxylic acids is 1. The largest absolute Gasteiger partial charge is 0.396 e. The van der Waals surface area contributed by atoms with Crippen LogP contribution in [0.25, 0.3) is 0 Å².